The molecular weight excluding hydrogens is 326 g/mol. The first-order valence-electron chi connectivity index (χ1n) is 7.69. The van der Waals surface area contributed by atoms with Crippen LogP contribution < -0.4 is 4.90 Å². The summed E-state index contributed by atoms with van der Waals surface area (Å²) in [5, 5.41) is 7.78. The lowest BCUT2D eigenvalue weighted by molar-refractivity contribution is 0.122. The van der Waals surface area contributed by atoms with E-state index in [0.29, 0.717) is 18.9 Å². The summed E-state index contributed by atoms with van der Waals surface area (Å²) in [5.74, 6) is 0.810. The first-order valence-corrected chi connectivity index (χ1v) is 9.25. The van der Waals surface area contributed by atoms with E-state index in [0.717, 1.165) is 40.4 Å². The SMILES string of the molecule is C[S+]([O-])c1cc(N2CCOCC2)nc2c(-c3ccn[nH]3)nccc12. The Labute approximate surface area is 142 Å². The van der Waals surface area contributed by atoms with Crippen molar-refractivity contribution < 1.29 is 9.29 Å². The zero-order chi connectivity index (χ0) is 16.5. The quantitative estimate of drug-likeness (QED) is 0.727. The van der Waals surface area contributed by atoms with Crippen molar-refractivity contribution in [3.63, 3.8) is 0 Å². The summed E-state index contributed by atoms with van der Waals surface area (Å²) in [4.78, 5) is 12.2. The first kappa shape index (κ1) is 15.4. The second-order valence-corrected chi connectivity index (χ2v) is 6.91. The summed E-state index contributed by atoms with van der Waals surface area (Å²) in [6.45, 7) is 2.89. The molecule has 1 unspecified atom stereocenters. The van der Waals surface area contributed by atoms with Crippen LogP contribution in [0.15, 0.2) is 35.5 Å². The summed E-state index contributed by atoms with van der Waals surface area (Å²) in [6.07, 6.45) is 5.08. The van der Waals surface area contributed by atoms with E-state index in [1.807, 2.05) is 18.2 Å². The Morgan fingerprint density at radius 1 is 1.25 bits per heavy atom. The Balaban J connectivity index is 1.94. The van der Waals surface area contributed by atoms with Gasteiger partial charge in [0, 0.05) is 31.5 Å². The number of fused-ring (bicyclic) bond motifs is 1. The van der Waals surface area contributed by atoms with Gasteiger partial charge in [0.05, 0.1) is 24.3 Å². The highest BCUT2D eigenvalue weighted by Gasteiger charge is 2.21. The van der Waals surface area contributed by atoms with Crippen LogP contribution in [0, 0.1) is 0 Å². The number of hydrogen-bond donors (Lipinski definition) is 1. The normalized spacial score (nSPS) is 16.5. The monoisotopic (exact) mass is 343 g/mol. The van der Waals surface area contributed by atoms with Crippen LogP contribution in [-0.2, 0) is 15.9 Å². The van der Waals surface area contributed by atoms with Crippen molar-refractivity contribution in [2.24, 2.45) is 0 Å². The van der Waals surface area contributed by atoms with Crippen LogP contribution in [0.4, 0.5) is 5.82 Å². The average Bonchev–Trinajstić information content (AvgIpc) is 3.15. The van der Waals surface area contributed by atoms with Crippen molar-refractivity contribution in [3.05, 3.63) is 30.6 Å². The average molecular weight is 343 g/mol. The van der Waals surface area contributed by atoms with E-state index in [4.69, 9.17) is 9.72 Å². The molecule has 0 saturated carbocycles. The first-order chi connectivity index (χ1) is 11.7. The molecule has 4 heterocycles. The molecule has 0 aliphatic carbocycles. The van der Waals surface area contributed by atoms with Crippen molar-refractivity contribution in [1.82, 2.24) is 20.2 Å². The Kier molecular flexibility index (Phi) is 4.09. The fourth-order valence-corrected chi connectivity index (χ4v) is 3.63. The van der Waals surface area contributed by atoms with Crippen LogP contribution in [0.5, 0.6) is 0 Å². The molecule has 1 saturated heterocycles. The van der Waals surface area contributed by atoms with Crippen molar-refractivity contribution in [2.75, 3.05) is 37.5 Å². The molecule has 3 aromatic heterocycles. The third-order valence-corrected chi connectivity index (χ3v) is 5.03. The minimum atomic E-state index is -1.12. The number of anilines is 1. The lowest BCUT2D eigenvalue weighted by Gasteiger charge is -2.28. The van der Waals surface area contributed by atoms with E-state index in [-0.39, 0.29) is 0 Å². The summed E-state index contributed by atoms with van der Waals surface area (Å²) in [6, 6.07) is 5.63. The predicted octanol–water partition coefficient (Wildman–Crippen LogP) is 1.59. The molecule has 1 aliphatic heterocycles. The lowest BCUT2D eigenvalue weighted by atomic mass is 10.1. The Morgan fingerprint density at radius 2 is 2.08 bits per heavy atom. The van der Waals surface area contributed by atoms with Crippen molar-refractivity contribution >= 4 is 27.9 Å². The fraction of sp³-hybridized carbons (Fsp3) is 0.312. The van der Waals surface area contributed by atoms with Gasteiger partial charge in [-0.3, -0.25) is 10.1 Å². The number of nitrogens with zero attached hydrogens (tertiary/aromatic N) is 4. The smallest absolute Gasteiger partial charge is 0.165 e. The van der Waals surface area contributed by atoms with E-state index >= 15 is 0 Å². The molecule has 7 nitrogen and oxygen atoms in total. The molecule has 0 radical (unpaired) electrons. The number of morpholine rings is 1. The molecule has 0 bridgehead atoms. The Hall–Kier alpha value is -2.16. The maximum atomic E-state index is 12.3. The second kappa shape index (κ2) is 6.39. The second-order valence-electron chi connectivity index (χ2n) is 5.56. The standard InChI is InChI=1S/C16H17N5O2S/c1-24(22)13-10-14(21-6-8-23-9-7-21)19-15-11(13)2-4-17-16(15)12-3-5-18-20-12/h2-5,10H,6-9H2,1H3,(H,18,20). The van der Waals surface area contributed by atoms with Crippen LogP contribution in [0.2, 0.25) is 0 Å². The van der Waals surface area contributed by atoms with Crippen molar-refractivity contribution in [2.45, 2.75) is 4.90 Å². The lowest BCUT2D eigenvalue weighted by Crippen LogP contribution is -2.36. The number of pyridine rings is 2. The van der Waals surface area contributed by atoms with Crippen LogP contribution in [0.25, 0.3) is 22.3 Å². The summed E-state index contributed by atoms with van der Waals surface area (Å²) in [7, 11) is 0. The minimum absolute atomic E-state index is 0.671. The van der Waals surface area contributed by atoms with Crippen molar-refractivity contribution in [3.8, 4) is 11.4 Å². The third-order valence-electron chi connectivity index (χ3n) is 4.08. The molecule has 3 aromatic rings. The molecule has 8 heteroatoms. The summed E-state index contributed by atoms with van der Waals surface area (Å²) in [5.41, 5.74) is 2.24. The van der Waals surface area contributed by atoms with Gasteiger partial charge in [0.25, 0.3) is 0 Å². The number of ether oxygens (including phenoxy) is 1. The number of aromatic nitrogens is 4. The summed E-state index contributed by atoms with van der Waals surface area (Å²) >= 11 is -1.12. The van der Waals surface area contributed by atoms with Crippen LogP contribution in [-0.4, -0.2) is 57.3 Å². The molecule has 1 fully saturated rings. The van der Waals surface area contributed by atoms with Gasteiger partial charge in [-0.15, -0.1) is 0 Å². The van der Waals surface area contributed by atoms with Gasteiger partial charge in [-0.05, 0) is 23.3 Å². The highest BCUT2D eigenvalue weighted by atomic mass is 32.2. The molecule has 1 atom stereocenters. The van der Waals surface area contributed by atoms with Gasteiger partial charge in [-0.2, -0.15) is 5.10 Å². The topological polar surface area (TPSA) is 90.0 Å². The number of aromatic amines is 1. The molecule has 0 aromatic carbocycles. The molecular formula is C16H17N5O2S. The number of H-pyrrole nitrogens is 1. The third kappa shape index (κ3) is 2.72. The van der Waals surface area contributed by atoms with Gasteiger partial charge in [0.15, 0.2) is 4.90 Å². The minimum Gasteiger partial charge on any atom is -0.612 e. The molecule has 0 amide bonds. The van der Waals surface area contributed by atoms with Crippen LogP contribution in [0.3, 0.4) is 0 Å². The zero-order valence-corrected chi connectivity index (χ0v) is 14.0. The predicted molar refractivity (Wildman–Crippen MR) is 92.5 cm³/mol. The van der Waals surface area contributed by atoms with Gasteiger partial charge in [0.1, 0.15) is 23.3 Å². The van der Waals surface area contributed by atoms with Crippen LogP contribution >= 0.6 is 0 Å². The van der Waals surface area contributed by atoms with Gasteiger partial charge < -0.3 is 14.2 Å². The highest BCUT2D eigenvalue weighted by molar-refractivity contribution is 7.91. The fourth-order valence-electron chi connectivity index (χ4n) is 2.88. The van der Waals surface area contributed by atoms with Gasteiger partial charge >= 0.3 is 0 Å². The maximum Gasteiger partial charge on any atom is 0.165 e. The highest BCUT2D eigenvalue weighted by Crippen LogP contribution is 2.31. The van der Waals surface area contributed by atoms with E-state index in [9.17, 15) is 4.55 Å². The van der Waals surface area contributed by atoms with E-state index in [1.165, 1.54) is 0 Å². The molecule has 24 heavy (non-hydrogen) atoms. The Morgan fingerprint density at radius 3 is 2.79 bits per heavy atom. The number of nitrogens with one attached hydrogen (secondary N) is 1. The van der Waals surface area contributed by atoms with E-state index in [1.54, 1.807) is 18.6 Å². The molecule has 1 aliphatic rings. The number of hydrogen-bond acceptors (Lipinski definition) is 6. The van der Waals surface area contributed by atoms with E-state index in [2.05, 4.69) is 20.1 Å². The molecule has 0 spiro atoms. The van der Waals surface area contributed by atoms with E-state index < -0.39 is 11.2 Å². The Bertz CT molecular complexity index is 847. The van der Waals surface area contributed by atoms with Crippen LogP contribution in [0.1, 0.15) is 0 Å². The largest absolute Gasteiger partial charge is 0.612 e. The maximum absolute atomic E-state index is 12.3. The summed E-state index contributed by atoms with van der Waals surface area (Å²) < 4.78 is 17.7. The number of rotatable bonds is 3. The van der Waals surface area contributed by atoms with Crippen molar-refractivity contribution in [1.29, 1.82) is 0 Å². The van der Waals surface area contributed by atoms with Gasteiger partial charge in [0.2, 0.25) is 0 Å². The zero-order valence-electron chi connectivity index (χ0n) is 13.2. The van der Waals surface area contributed by atoms with Gasteiger partial charge in [-0.25, -0.2) is 4.98 Å². The van der Waals surface area contributed by atoms with Gasteiger partial charge in [-0.1, -0.05) is 0 Å². The molecule has 124 valence electrons. The molecule has 1 N–H and O–H groups in total. The molecule has 4 rings (SSSR count).